The van der Waals surface area contributed by atoms with Crippen molar-refractivity contribution in [3.05, 3.63) is 72.6 Å². The van der Waals surface area contributed by atoms with E-state index in [2.05, 4.69) is 15.6 Å². The van der Waals surface area contributed by atoms with Crippen molar-refractivity contribution in [2.24, 2.45) is 0 Å². The average molecular weight is 349 g/mol. The van der Waals surface area contributed by atoms with Crippen molar-refractivity contribution in [2.75, 3.05) is 24.9 Å². The van der Waals surface area contributed by atoms with Crippen molar-refractivity contribution in [3.63, 3.8) is 0 Å². The second-order valence-electron chi connectivity index (χ2n) is 5.46. The fourth-order valence-electron chi connectivity index (χ4n) is 2.40. The molecule has 0 aliphatic heterocycles. The summed E-state index contributed by atoms with van der Waals surface area (Å²) in [5.41, 5.74) is 2.85. The largest absolute Gasteiger partial charge is 0.497 e. The van der Waals surface area contributed by atoms with Gasteiger partial charge in [-0.2, -0.15) is 0 Å². The van der Waals surface area contributed by atoms with Gasteiger partial charge in [-0.3, -0.25) is 9.78 Å². The van der Waals surface area contributed by atoms with Crippen molar-refractivity contribution in [1.82, 2.24) is 4.98 Å². The summed E-state index contributed by atoms with van der Waals surface area (Å²) >= 11 is 0. The summed E-state index contributed by atoms with van der Waals surface area (Å²) in [5, 5.41) is 6.12. The number of pyridine rings is 1. The molecule has 0 fully saturated rings. The number of aromatic nitrogens is 1. The van der Waals surface area contributed by atoms with Crippen LogP contribution in [-0.4, -0.2) is 25.1 Å². The Morgan fingerprint density at radius 1 is 0.962 bits per heavy atom. The third kappa shape index (κ3) is 4.10. The Bertz CT molecular complexity index is 881. The van der Waals surface area contributed by atoms with Crippen LogP contribution in [0.1, 0.15) is 10.4 Å². The zero-order valence-electron chi connectivity index (χ0n) is 14.5. The van der Waals surface area contributed by atoms with Gasteiger partial charge in [-0.25, -0.2) is 0 Å². The van der Waals surface area contributed by atoms with Crippen LogP contribution in [0.3, 0.4) is 0 Å². The van der Waals surface area contributed by atoms with E-state index in [0.717, 1.165) is 17.1 Å². The molecule has 0 bridgehead atoms. The van der Waals surface area contributed by atoms with Crippen LogP contribution in [0.15, 0.2) is 67.0 Å². The summed E-state index contributed by atoms with van der Waals surface area (Å²) < 4.78 is 10.6. The number of amides is 1. The first-order valence-electron chi connectivity index (χ1n) is 8.00. The lowest BCUT2D eigenvalue weighted by Crippen LogP contribution is -2.11. The summed E-state index contributed by atoms with van der Waals surface area (Å²) in [6, 6.07) is 16.4. The first-order chi connectivity index (χ1) is 12.7. The van der Waals surface area contributed by atoms with Crippen molar-refractivity contribution in [3.8, 4) is 11.5 Å². The number of nitrogens with zero attached hydrogens (tertiary/aromatic N) is 1. The Morgan fingerprint density at radius 3 is 2.38 bits per heavy atom. The lowest BCUT2D eigenvalue weighted by Gasteiger charge is -2.13. The Hall–Kier alpha value is -3.54. The number of hydrogen-bond donors (Lipinski definition) is 2. The Kier molecular flexibility index (Phi) is 5.34. The number of hydrogen-bond acceptors (Lipinski definition) is 5. The summed E-state index contributed by atoms with van der Waals surface area (Å²) in [5.74, 6) is 1.24. The van der Waals surface area contributed by atoms with E-state index < -0.39 is 0 Å². The van der Waals surface area contributed by atoms with Gasteiger partial charge in [-0.15, -0.1) is 0 Å². The van der Waals surface area contributed by atoms with Crippen molar-refractivity contribution in [1.29, 1.82) is 0 Å². The van der Waals surface area contributed by atoms with Gasteiger partial charge in [0.25, 0.3) is 5.91 Å². The highest BCUT2D eigenvalue weighted by molar-refractivity contribution is 6.04. The molecule has 2 aromatic carbocycles. The minimum Gasteiger partial charge on any atom is -0.497 e. The highest BCUT2D eigenvalue weighted by Gasteiger charge is 2.07. The number of carbonyl (C=O) groups excluding carboxylic acids is 1. The van der Waals surface area contributed by atoms with Gasteiger partial charge in [-0.1, -0.05) is 0 Å². The maximum Gasteiger partial charge on any atom is 0.257 e. The average Bonchev–Trinajstić information content (AvgIpc) is 2.70. The topological polar surface area (TPSA) is 72.5 Å². The van der Waals surface area contributed by atoms with E-state index in [4.69, 9.17) is 9.47 Å². The van der Waals surface area contributed by atoms with E-state index in [0.29, 0.717) is 17.0 Å². The molecule has 0 aliphatic rings. The van der Waals surface area contributed by atoms with E-state index in [1.54, 1.807) is 32.5 Å². The molecule has 0 aliphatic carbocycles. The molecule has 0 spiro atoms. The molecular formula is C20H19N3O3. The maximum atomic E-state index is 12.1. The van der Waals surface area contributed by atoms with E-state index in [1.165, 1.54) is 6.20 Å². The van der Waals surface area contributed by atoms with Gasteiger partial charge < -0.3 is 20.1 Å². The van der Waals surface area contributed by atoms with Crippen molar-refractivity contribution >= 4 is 23.0 Å². The number of anilines is 3. The molecule has 0 saturated heterocycles. The van der Waals surface area contributed by atoms with E-state index >= 15 is 0 Å². The molecule has 0 radical (unpaired) electrons. The number of rotatable bonds is 6. The van der Waals surface area contributed by atoms with E-state index in [1.807, 2.05) is 42.5 Å². The molecule has 3 rings (SSSR count). The third-order valence-corrected chi connectivity index (χ3v) is 3.75. The molecule has 26 heavy (non-hydrogen) atoms. The number of carbonyl (C=O) groups is 1. The molecule has 132 valence electrons. The van der Waals surface area contributed by atoms with Crippen molar-refractivity contribution < 1.29 is 14.3 Å². The molecule has 6 heteroatoms. The Balaban J connectivity index is 1.71. The highest BCUT2D eigenvalue weighted by atomic mass is 16.5. The molecule has 1 heterocycles. The van der Waals surface area contributed by atoms with Crippen LogP contribution < -0.4 is 20.1 Å². The molecule has 1 aromatic heterocycles. The predicted molar refractivity (Wildman–Crippen MR) is 101 cm³/mol. The molecule has 6 nitrogen and oxygen atoms in total. The summed E-state index contributed by atoms with van der Waals surface area (Å²) in [6.07, 6.45) is 3.16. The lowest BCUT2D eigenvalue weighted by atomic mass is 10.2. The fraction of sp³-hybridized carbons (Fsp3) is 0.100. The quantitative estimate of drug-likeness (QED) is 0.701. The summed E-state index contributed by atoms with van der Waals surface area (Å²) in [4.78, 5) is 16.1. The number of benzene rings is 2. The Morgan fingerprint density at radius 2 is 1.73 bits per heavy atom. The van der Waals surface area contributed by atoms with Crippen LogP contribution >= 0.6 is 0 Å². The molecular weight excluding hydrogens is 330 g/mol. The van der Waals surface area contributed by atoms with Crippen LogP contribution in [0.4, 0.5) is 17.1 Å². The number of methoxy groups -OCH3 is 2. The molecule has 0 unspecified atom stereocenters. The third-order valence-electron chi connectivity index (χ3n) is 3.75. The van der Waals surface area contributed by atoms with E-state index in [-0.39, 0.29) is 5.91 Å². The number of nitrogens with one attached hydrogen (secondary N) is 2. The predicted octanol–water partition coefficient (Wildman–Crippen LogP) is 4.09. The molecule has 2 N–H and O–H groups in total. The maximum absolute atomic E-state index is 12.1. The van der Waals surface area contributed by atoms with Crippen molar-refractivity contribution in [2.45, 2.75) is 0 Å². The van der Waals surface area contributed by atoms with Crippen LogP contribution in [0.25, 0.3) is 0 Å². The second-order valence-corrected chi connectivity index (χ2v) is 5.46. The molecule has 1 amide bonds. The van der Waals surface area contributed by atoms with Gasteiger partial charge in [0.1, 0.15) is 11.5 Å². The van der Waals surface area contributed by atoms with Gasteiger partial charge in [0.15, 0.2) is 0 Å². The standard InChI is InChI=1S/C20H19N3O3/c1-25-17-9-10-19(26-2)18(12-17)22-15-5-7-16(8-6-15)23-20(24)14-4-3-11-21-13-14/h3-13,22H,1-2H3,(H,23,24). The Labute approximate surface area is 151 Å². The first kappa shape index (κ1) is 17.3. The van der Waals surface area contributed by atoms with E-state index in [9.17, 15) is 4.79 Å². The van der Waals surface area contributed by atoms with Gasteiger partial charge in [-0.05, 0) is 48.5 Å². The van der Waals surface area contributed by atoms with Gasteiger partial charge in [0.05, 0.1) is 25.5 Å². The van der Waals surface area contributed by atoms with Crippen LogP contribution in [0.2, 0.25) is 0 Å². The van der Waals surface area contributed by atoms with Gasteiger partial charge in [0.2, 0.25) is 0 Å². The normalized spacial score (nSPS) is 10.1. The zero-order chi connectivity index (χ0) is 18.4. The SMILES string of the molecule is COc1ccc(OC)c(Nc2ccc(NC(=O)c3cccnc3)cc2)c1. The number of ether oxygens (including phenoxy) is 2. The first-order valence-corrected chi connectivity index (χ1v) is 8.00. The summed E-state index contributed by atoms with van der Waals surface area (Å²) in [7, 11) is 3.23. The van der Waals surface area contributed by atoms with Gasteiger partial charge >= 0.3 is 0 Å². The monoisotopic (exact) mass is 349 g/mol. The molecule has 0 atom stereocenters. The molecule has 3 aromatic rings. The van der Waals surface area contributed by atoms with Gasteiger partial charge in [0, 0.05) is 29.8 Å². The minimum atomic E-state index is -0.201. The fourth-order valence-corrected chi connectivity index (χ4v) is 2.40. The zero-order valence-corrected chi connectivity index (χ0v) is 14.5. The highest BCUT2D eigenvalue weighted by Crippen LogP contribution is 2.31. The summed E-state index contributed by atoms with van der Waals surface area (Å²) in [6.45, 7) is 0. The second kappa shape index (κ2) is 8.02. The van der Waals surface area contributed by atoms with Crippen LogP contribution in [0, 0.1) is 0 Å². The smallest absolute Gasteiger partial charge is 0.257 e. The minimum absolute atomic E-state index is 0.201. The molecule has 0 saturated carbocycles. The lowest BCUT2D eigenvalue weighted by molar-refractivity contribution is 0.102. The van der Waals surface area contributed by atoms with Crippen LogP contribution in [0.5, 0.6) is 11.5 Å². The van der Waals surface area contributed by atoms with Crippen LogP contribution in [-0.2, 0) is 0 Å².